The maximum atomic E-state index is 11.0. The Kier molecular flexibility index (Phi) is 5.03. The quantitative estimate of drug-likeness (QED) is 0.397. The number of nitro groups is 1. The summed E-state index contributed by atoms with van der Waals surface area (Å²) in [5.74, 6) is 1.11. The van der Waals surface area contributed by atoms with Gasteiger partial charge in [-0.2, -0.15) is 0 Å². The number of ether oxygens (including phenoxy) is 2. The van der Waals surface area contributed by atoms with Gasteiger partial charge in [0, 0.05) is 35.1 Å². The van der Waals surface area contributed by atoms with Gasteiger partial charge in [0.2, 0.25) is 0 Å². The molecule has 0 unspecified atom stereocenters. The predicted molar refractivity (Wildman–Crippen MR) is 81.4 cm³/mol. The van der Waals surface area contributed by atoms with Crippen molar-refractivity contribution in [3.05, 3.63) is 33.4 Å². The normalized spacial score (nSPS) is 14.7. The Morgan fingerprint density at radius 2 is 2.33 bits per heavy atom. The number of amidine groups is 1. The van der Waals surface area contributed by atoms with E-state index in [2.05, 4.69) is 4.99 Å². The molecule has 8 heteroatoms. The van der Waals surface area contributed by atoms with Crippen molar-refractivity contribution in [1.29, 1.82) is 0 Å². The number of non-ortho nitro benzene ring substituents is 1. The summed E-state index contributed by atoms with van der Waals surface area (Å²) < 4.78 is 10.6. The summed E-state index contributed by atoms with van der Waals surface area (Å²) in [7, 11) is 0. The Bertz CT molecular complexity index is 575. The Morgan fingerprint density at radius 3 is 3.00 bits per heavy atom. The zero-order chi connectivity index (χ0) is 15.4. The molecule has 1 aromatic carbocycles. The highest BCUT2D eigenvalue weighted by Gasteiger charge is 2.21. The van der Waals surface area contributed by atoms with E-state index in [0.717, 1.165) is 5.56 Å². The lowest BCUT2D eigenvalue weighted by Gasteiger charge is -2.20. The molecule has 7 nitrogen and oxygen atoms in total. The molecule has 0 atom stereocenters. The van der Waals surface area contributed by atoms with Crippen LogP contribution in [0.4, 0.5) is 5.69 Å². The van der Waals surface area contributed by atoms with Gasteiger partial charge in [0.05, 0.1) is 11.5 Å². The number of nitro benzene ring substituents is 1. The summed E-state index contributed by atoms with van der Waals surface area (Å²) in [5, 5.41) is 11.4. The number of thioether (sulfide) groups is 1. The monoisotopic (exact) mass is 311 g/mol. The summed E-state index contributed by atoms with van der Waals surface area (Å²) in [5.41, 5.74) is 7.25. The van der Waals surface area contributed by atoms with E-state index >= 15 is 0 Å². The maximum Gasteiger partial charge on any atom is 0.270 e. The lowest BCUT2D eigenvalue weighted by atomic mass is 10.1. The minimum Gasteiger partial charge on any atom is -0.467 e. The zero-order valence-electron chi connectivity index (χ0n) is 11.9. The SMILES string of the molecule is CC(C)N=C(N)SCc1cc([N+](=O)[O-])cc2c1OCOC2. The van der Waals surface area contributed by atoms with Gasteiger partial charge in [-0.3, -0.25) is 15.1 Å². The van der Waals surface area contributed by atoms with Crippen molar-refractivity contribution in [2.45, 2.75) is 32.2 Å². The molecular formula is C13H17N3O4S. The molecule has 1 aromatic rings. The zero-order valence-corrected chi connectivity index (χ0v) is 12.7. The third kappa shape index (κ3) is 4.08. The van der Waals surface area contributed by atoms with Gasteiger partial charge in [0.1, 0.15) is 5.75 Å². The molecule has 1 aliphatic rings. The van der Waals surface area contributed by atoms with Gasteiger partial charge in [0.25, 0.3) is 5.69 Å². The molecule has 0 saturated carbocycles. The van der Waals surface area contributed by atoms with E-state index in [1.807, 2.05) is 13.8 Å². The summed E-state index contributed by atoms with van der Waals surface area (Å²) in [6.45, 7) is 4.33. The smallest absolute Gasteiger partial charge is 0.270 e. The van der Waals surface area contributed by atoms with Crippen molar-refractivity contribution >= 4 is 22.6 Å². The Labute approximate surface area is 126 Å². The van der Waals surface area contributed by atoms with Crippen LogP contribution in [0, 0.1) is 10.1 Å². The lowest BCUT2D eigenvalue weighted by Crippen LogP contribution is -2.14. The van der Waals surface area contributed by atoms with Crippen LogP contribution < -0.4 is 10.5 Å². The molecule has 1 heterocycles. The van der Waals surface area contributed by atoms with E-state index in [1.54, 1.807) is 0 Å². The van der Waals surface area contributed by atoms with Gasteiger partial charge in [-0.1, -0.05) is 11.8 Å². The standard InChI is InChI=1S/C13H17N3O4S/c1-8(2)15-13(14)21-6-10-4-11(16(17)18)3-9-5-19-7-20-12(9)10/h3-4,8H,5-7H2,1-2H3,(H2,14,15). The van der Waals surface area contributed by atoms with Crippen molar-refractivity contribution in [2.24, 2.45) is 10.7 Å². The molecule has 0 saturated heterocycles. The van der Waals surface area contributed by atoms with Crippen LogP contribution in [0.25, 0.3) is 0 Å². The lowest BCUT2D eigenvalue weighted by molar-refractivity contribution is -0.385. The predicted octanol–water partition coefficient (Wildman–Crippen LogP) is 2.42. The van der Waals surface area contributed by atoms with Crippen molar-refractivity contribution in [3.63, 3.8) is 0 Å². The minimum atomic E-state index is -0.422. The molecule has 114 valence electrons. The summed E-state index contributed by atoms with van der Waals surface area (Å²) in [6.07, 6.45) is 0. The number of fused-ring (bicyclic) bond motifs is 1. The number of nitrogens with zero attached hydrogens (tertiary/aromatic N) is 2. The van der Waals surface area contributed by atoms with E-state index in [1.165, 1.54) is 23.9 Å². The minimum absolute atomic E-state index is 0.0258. The number of nitrogens with two attached hydrogens (primary N) is 1. The third-order valence-electron chi connectivity index (χ3n) is 2.74. The van der Waals surface area contributed by atoms with Gasteiger partial charge >= 0.3 is 0 Å². The second-order valence-corrected chi connectivity index (χ2v) is 5.81. The van der Waals surface area contributed by atoms with E-state index in [-0.39, 0.29) is 18.5 Å². The molecule has 21 heavy (non-hydrogen) atoms. The highest BCUT2D eigenvalue weighted by atomic mass is 32.2. The summed E-state index contributed by atoms with van der Waals surface area (Å²) in [4.78, 5) is 14.8. The van der Waals surface area contributed by atoms with E-state index in [0.29, 0.717) is 28.8 Å². The van der Waals surface area contributed by atoms with Crippen LogP contribution in [0.3, 0.4) is 0 Å². The van der Waals surface area contributed by atoms with Gasteiger partial charge in [-0.25, -0.2) is 0 Å². The second-order valence-electron chi connectivity index (χ2n) is 4.81. The number of rotatable bonds is 4. The first-order valence-corrected chi connectivity index (χ1v) is 7.42. The van der Waals surface area contributed by atoms with Crippen molar-refractivity contribution in [3.8, 4) is 5.75 Å². The van der Waals surface area contributed by atoms with Crippen LogP contribution in [0.5, 0.6) is 5.75 Å². The van der Waals surface area contributed by atoms with Gasteiger partial charge in [-0.05, 0) is 13.8 Å². The van der Waals surface area contributed by atoms with Crippen LogP contribution in [-0.2, 0) is 17.1 Å². The maximum absolute atomic E-state index is 11.0. The van der Waals surface area contributed by atoms with Crippen LogP contribution in [-0.4, -0.2) is 22.9 Å². The average molecular weight is 311 g/mol. The molecule has 0 spiro atoms. The van der Waals surface area contributed by atoms with Crippen LogP contribution in [0.1, 0.15) is 25.0 Å². The largest absolute Gasteiger partial charge is 0.467 e. The summed E-state index contributed by atoms with van der Waals surface area (Å²) in [6, 6.07) is 3.11. The van der Waals surface area contributed by atoms with Crippen LogP contribution >= 0.6 is 11.8 Å². The Morgan fingerprint density at radius 1 is 1.57 bits per heavy atom. The molecule has 0 fully saturated rings. The topological polar surface area (TPSA) is 100.0 Å². The van der Waals surface area contributed by atoms with Gasteiger partial charge < -0.3 is 15.2 Å². The molecule has 1 aliphatic heterocycles. The first kappa shape index (κ1) is 15.6. The highest BCUT2D eigenvalue weighted by Crippen LogP contribution is 2.34. The van der Waals surface area contributed by atoms with Crippen molar-refractivity contribution in [1.82, 2.24) is 0 Å². The van der Waals surface area contributed by atoms with E-state index in [4.69, 9.17) is 15.2 Å². The first-order chi connectivity index (χ1) is 9.97. The Balaban J connectivity index is 2.25. The molecule has 0 amide bonds. The van der Waals surface area contributed by atoms with Crippen LogP contribution in [0.2, 0.25) is 0 Å². The molecule has 0 bridgehead atoms. The number of benzene rings is 1. The number of aliphatic imine (C=N–C) groups is 1. The fourth-order valence-corrected chi connectivity index (χ4v) is 2.74. The van der Waals surface area contributed by atoms with Gasteiger partial charge in [0.15, 0.2) is 12.0 Å². The number of hydrogen-bond acceptors (Lipinski definition) is 6. The molecular weight excluding hydrogens is 294 g/mol. The fourth-order valence-electron chi connectivity index (χ4n) is 1.94. The average Bonchev–Trinajstić information content (AvgIpc) is 2.43. The molecule has 0 aliphatic carbocycles. The van der Waals surface area contributed by atoms with Crippen LogP contribution in [0.15, 0.2) is 17.1 Å². The molecule has 2 rings (SSSR count). The van der Waals surface area contributed by atoms with Crippen molar-refractivity contribution < 1.29 is 14.4 Å². The number of hydrogen-bond donors (Lipinski definition) is 1. The first-order valence-electron chi connectivity index (χ1n) is 6.44. The van der Waals surface area contributed by atoms with E-state index in [9.17, 15) is 10.1 Å². The summed E-state index contributed by atoms with van der Waals surface area (Å²) >= 11 is 1.34. The molecule has 2 N–H and O–H groups in total. The third-order valence-corrected chi connectivity index (χ3v) is 3.60. The van der Waals surface area contributed by atoms with E-state index < -0.39 is 4.92 Å². The molecule has 0 aromatic heterocycles. The second kappa shape index (κ2) is 6.77. The fraction of sp³-hybridized carbons (Fsp3) is 0.462. The van der Waals surface area contributed by atoms with Crippen molar-refractivity contribution in [2.75, 3.05) is 6.79 Å². The highest BCUT2D eigenvalue weighted by molar-refractivity contribution is 8.13. The van der Waals surface area contributed by atoms with Gasteiger partial charge in [-0.15, -0.1) is 0 Å². The Hall–Kier alpha value is -1.80. The molecule has 0 radical (unpaired) electrons.